The van der Waals surface area contributed by atoms with Gasteiger partial charge in [-0.2, -0.15) is 0 Å². The Morgan fingerprint density at radius 2 is 2.30 bits per heavy atom. The smallest absolute Gasteiger partial charge is 0.168 e. The Morgan fingerprint density at radius 3 is 3.20 bits per heavy atom. The lowest BCUT2D eigenvalue weighted by atomic mass is 10.0. The summed E-state index contributed by atoms with van der Waals surface area (Å²) in [6, 6.07) is 0. The van der Waals surface area contributed by atoms with Crippen molar-refractivity contribution in [3.05, 3.63) is 23.3 Å². The lowest BCUT2D eigenvalue weighted by Gasteiger charge is -2.20. The van der Waals surface area contributed by atoms with Crippen LogP contribution in [0, 0.1) is 12.2 Å². The molecule has 0 spiro atoms. The maximum atomic E-state index is 5.15. The molecule has 2 aliphatic heterocycles. The molecular formula is C8H8O2. The number of ether oxygens (including phenoxy) is 2. The van der Waals surface area contributed by atoms with E-state index in [2.05, 4.69) is 12.2 Å². The molecule has 0 unspecified atom stereocenters. The predicted octanol–water partition coefficient (Wildman–Crippen LogP) is 0.506. The van der Waals surface area contributed by atoms with E-state index in [1.807, 2.05) is 0 Å². The fourth-order valence-electron chi connectivity index (χ4n) is 1.07. The second-order valence-corrected chi connectivity index (χ2v) is 2.30. The Balaban J connectivity index is 2.25. The first kappa shape index (κ1) is 6.05. The minimum absolute atomic E-state index is 0.601. The molecule has 0 aliphatic carbocycles. The lowest BCUT2D eigenvalue weighted by Crippen LogP contribution is -2.17. The van der Waals surface area contributed by atoms with Crippen molar-refractivity contribution in [2.24, 2.45) is 0 Å². The van der Waals surface area contributed by atoms with Crippen LogP contribution < -0.4 is 0 Å². The third-order valence-electron chi connectivity index (χ3n) is 1.63. The zero-order valence-electron chi connectivity index (χ0n) is 5.64. The lowest BCUT2D eigenvalue weighted by molar-refractivity contribution is 0.139. The first-order chi connectivity index (χ1) is 4.97. The molecular weight excluding hydrogens is 128 g/mol. The third kappa shape index (κ3) is 0.971. The molecule has 0 saturated carbocycles. The molecule has 0 aromatic carbocycles. The van der Waals surface area contributed by atoms with Gasteiger partial charge in [-0.05, 0) is 0 Å². The van der Waals surface area contributed by atoms with E-state index in [1.54, 1.807) is 0 Å². The van der Waals surface area contributed by atoms with Crippen molar-refractivity contribution in [1.29, 1.82) is 0 Å². The highest BCUT2D eigenvalue weighted by Gasteiger charge is 2.14. The minimum atomic E-state index is 0.601. The molecule has 0 atom stereocenters. The Labute approximate surface area is 60.1 Å². The van der Waals surface area contributed by atoms with Crippen LogP contribution in [0.4, 0.5) is 0 Å². The predicted molar refractivity (Wildman–Crippen MR) is 35.1 cm³/mol. The Bertz CT molecular complexity index is 169. The summed E-state index contributed by atoms with van der Waals surface area (Å²) in [5, 5.41) is 0. The quantitative estimate of drug-likeness (QED) is 0.452. The van der Waals surface area contributed by atoms with Crippen molar-refractivity contribution < 1.29 is 9.47 Å². The summed E-state index contributed by atoms with van der Waals surface area (Å²) in [6.45, 7) is 2.57. The summed E-state index contributed by atoms with van der Waals surface area (Å²) in [5.41, 5.74) is 2.27. The maximum absolute atomic E-state index is 5.15. The number of rotatable bonds is 0. The van der Waals surface area contributed by atoms with Crippen molar-refractivity contribution in [2.45, 2.75) is 0 Å². The maximum Gasteiger partial charge on any atom is 0.168 e. The van der Waals surface area contributed by atoms with Gasteiger partial charge in [0, 0.05) is 12.7 Å². The van der Waals surface area contributed by atoms with Gasteiger partial charge in [0.2, 0.25) is 0 Å². The third-order valence-corrected chi connectivity index (χ3v) is 1.63. The number of hydrogen-bond acceptors (Lipinski definition) is 2. The van der Waals surface area contributed by atoms with Gasteiger partial charge in [-0.25, -0.2) is 0 Å². The van der Waals surface area contributed by atoms with Crippen LogP contribution in [0.25, 0.3) is 0 Å². The average Bonchev–Trinajstić information content (AvgIpc) is 2.05. The van der Waals surface area contributed by atoms with Crippen molar-refractivity contribution in [2.75, 3.05) is 26.4 Å². The molecule has 0 saturated heterocycles. The second-order valence-electron chi connectivity index (χ2n) is 2.30. The van der Waals surface area contributed by atoms with Crippen LogP contribution in [0.15, 0.2) is 11.1 Å². The van der Waals surface area contributed by atoms with Crippen molar-refractivity contribution >= 4 is 0 Å². The van der Waals surface area contributed by atoms with Crippen LogP contribution in [0.1, 0.15) is 0 Å². The summed E-state index contributed by atoms with van der Waals surface area (Å²) in [5.74, 6) is 0. The van der Waals surface area contributed by atoms with Crippen LogP contribution >= 0.6 is 0 Å². The highest BCUT2D eigenvalue weighted by Crippen LogP contribution is 2.17. The average molecular weight is 136 g/mol. The van der Waals surface area contributed by atoms with Crippen molar-refractivity contribution in [3.8, 4) is 0 Å². The van der Waals surface area contributed by atoms with Gasteiger partial charge in [0.25, 0.3) is 0 Å². The second kappa shape index (κ2) is 2.51. The van der Waals surface area contributed by atoms with Crippen LogP contribution in [0.3, 0.4) is 0 Å². The van der Waals surface area contributed by atoms with Gasteiger partial charge in [0.15, 0.2) is 6.61 Å². The zero-order valence-corrected chi connectivity index (χ0v) is 5.64. The summed E-state index contributed by atoms with van der Waals surface area (Å²) in [4.78, 5) is 0. The molecule has 0 aromatic rings. The van der Waals surface area contributed by atoms with Crippen molar-refractivity contribution in [3.63, 3.8) is 0 Å². The summed E-state index contributed by atoms with van der Waals surface area (Å²) >= 11 is 0. The first-order valence-corrected chi connectivity index (χ1v) is 3.32. The van der Waals surface area contributed by atoms with Crippen LogP contribution in [-0.2, 0) is 9.47 Å². The topological polar surface area (TPSA) is 18.5 Å². The summed E-state index contributed by atoms with van der Waals surface area (Å²) in [7, 11) is 0. The molecule has 2 rings (SSSR count). The molecule has 10 heavy (non-hydrogen) atoms. The van der Waals surface area contributed by atoms with E-state index in [0.717, 1.165) is 11.1 Å². The highest BCUT2D eigenvalue weighted by atomic mass is 16.5. The van der Waals surface area contributed by atoms with Crippen molar-refractivity contribution in [1.82, 2.24) is 0 Å². The van der Waals surface area contributed by atoms with Gasteiger partial charge in [-0.1, -0.05) is 5.57 Å². The van der Waals surface area contributed by atoms with Crippen LogP contribution in [0.5, 0.6) is 0 Å². The molecule has 0 N–H and O–H groups in total. The van der Waals surface area contributed by atoms with E-state index < -0.39 is 0 Å². The SMILES string of the molecule is [C+]1=C2COC[C-]=C2COC1. The summed E-state index contributed by atoms with van der Waals surface area (Å²) in [6.07, 6.45) is 6.18. The molecule has 0 radical (unpaired) electrons. The summed E-state index contributed by atoms with van der Waals surface area (Å²) < 4.78 is 10.3. The van der Waals surface area contributed by atoms with Gasteiger partial charge in [-0.3, -0.25) is 0 Å². The molecule has 2 nitrogen and oxygen atoms in total. The van der Waals surface area contributed by atoms with E-state index in [-0.39, 0.29) is 0 Å². The molecule has 0 aromatic heterocycles. The molecule has 0 amide bonds. The van der Waals surface area contributed by atoms with E-state index in [9.17, 15) is 0 Å². The fourth-order valence-corrected chi connectivity index (χ4v) is 1.07. The molecule has 0 bridgehead atoms. The minimum Gasteiger partial charge on any atom is -0.403 e. The monoisotopic (exact) mass is 136 g/mol. The first-order valence-electron chi connectivity index (χ1n) is 3.32. The van der Waals surface area contributed by atoms with E-state index >= 15 is 0 Å². The molecule has 2 aliphatic rings. The standard InChI is InChI=1S/C8H8O2/c1-3-9-6-8-2-4-10-5-7(1)8/h3-6H2. The van der Waals surface area contributed by atoms with Gasteiger partial charge < -0.3 is 9.47 Å². The Kier molecular flexibility index (Phi) is 1.52. The number of fused-ring (bicyclic) bond motifs is 1. The number of hydrogen-bond donors (Lipinski definition) is 0. The largest absolute Gasteiger partial charge is 0.403 e. The zero-order chi connectivity index (χ0) is 6.81. The Morgan fingerprint density at radius 1 is 1.30 bits per heavy atom. The van der Waals surface area contributed by atoms with Crippen LogP contribution in [0.2, 0.25) is 0 Å². The van der Waals surface area contributed by atoms with E-state index in [0.29, 0.717) is 26.4 Å². The molecule has 0 fully saturated rings. The van der Waals surface area contributed by atoms with Gasteiger partial charge in [0.1, 0.15) is 6.61 Å². The molecule has 52 valence electrons. The van der Waals surface area contributed by atoms with E-state index in [1.165, 1.54) is 0 Å². The van der Waals surface area contributed by atoms with E-state index in [4.69, 9.17) is 9.47 Å². The van der Waals surface area contributed by atoms with Crippen LogP contribution in [-0.4, -0.2) is 26.4 Å². The fraction of sp³-hybridized carbons (Fsp3) is 0.500. The Hall–Kier alpha value is -0.690. The van der Waals surface area contributed by atoms with Gasteiger partial charge in [0.05, 0.1) is 12.2 Å². The van der Waals surface area contributed by atoms with Gasteiger partial charge in [-0.15, -0.1) is 6.08 Å². The normalized spacial score (nSPS) is 24.0. The van der Waals surface area contributed by atoms with Gasteiger partial charge >= 0.3 is 0 Å². The molecule has 2 heterocycles. The molecule has 2 heteroatoms. The highest BCUT2D eigenvalue weighted by molar-refractivity contribution is 5.30.